The van der Waals surface area contributed by atoms with Crippen molar-refractivity contribution in [3.05, 3.63) is 71.8 Å². The van der Waals surface area contributed by atoms with E-state index in [1.807, 2.05) is 0 Å². The third-order valence-corrected chi connectivity index (χ3v) is 5.07. The Kier molecular flexibility index (Phi) is 30.8. The molecule has 0 radical (unpaired) electrons. The van der Waals surface area contributed by atoms with Gasteiger partial charge in [-0.05, 0) is 54.4 Å². The molecule has 0 aromatic heterocycles. The standard InChI is InChI=1S/C15H16.3C5H12.CH4S/c1-3-8-14(9-4-1)12-7-13-15-10-5-2-6-11-15;3*1-4-5(2)3;1-2/h1-6,8-11H,7,12-13H2;3*5H,4H2,1-3H3;2H,1H3. The average molecular weight is 461 g/mol. The lowest BCUT2D eigenvalue weighted by Gasteiger charge is -2.01. The molecule has 0 N–H and O–H groups in total. The van der Waals surface area contributed by atoms with Gasteiger partial charge in [0.2, 0.25) is 0 Å². The van der Waals surface area contributed by atoms with Crippen LogP contribution in [0.25, 0.3) is 0 Å². The minimum Gasteiger partial charge on any atom is -0.183 e. The lowest BCUT2D eigenvalue weighted by atomic mass is 10.0. The summed E-state index contributed by atoms with van der Waals surface area (Å²) in [6.07, 6.45) is 9.19. The molecule has 0 bridgehead atoms. The Bertz CT molecular complexity index is 485. The van der Waals surface area contributed by atoms with Crippen LogP contribution in [0.2, 0.25) is 0 Å². The molecule has 2 aromatic carbocycles. The molecule has 0 aliphatic carbocycles. The van der Waals surface area contributed by atoms with Crippen LogP contribution in [0.15, 0.2) is 60.7 Å². The fourth-order valence-corrected chi connectivity index (χ4v) is 1.79. The molecule has 2 rings (SSSR count). The van der Waals surface area contributed by atoms with E-state index in [1.165, 1.54) is 49.7 Å². The minimum atomic E-state index is 0.884. The minimum absolute atomic E-state index is 0.884. The highest BCUT2D eigenvalue weighted by Crippen LogP contribution is 2.07. The third-order valence-electron chi connectivity index (χ3n) is 5.07. The Morgan fingerprint density at radius 1 is 0.500 bits per heavy atom. The summed E-state index contributed by atoms with van der Waals surface area (Å²) in [4.78, 5) is 0. The van der Waals surface area contributed by atoms with Gasteiger partial charge in [-0.3, -0.25) is 0 Å². The maximum absolute atomic E-state index is 3.53. The van der Waals surface area contributed by atoms with Crippen molar-refractivity contribution in [1.29, 1.82) is 0 Å². The van der Waals surface area contributed by atoms with Gasteiger partial charge in [-0.25, -0.2) is 0 Å². The molecular weight excluding hydrogens is 404 g/mol. The van der Waals surface area contributed by atoms with Gasteiger partial charge in [0.1, 0.15) is 0 Å². The Labute approximate surface area is 209 Å². The van der Waals surface area contributed by atoms with Gasteiger partial charge in [0.15, 0.2) is 0 Å². The second-order valence-electron chi connectivity index (χ2n) is 9.23. The van der Waals surface area contributed by atoms with Gasteiger partial charge in [0.05, 0.1) is 0 Å². The Hall–Kier alpha value is -1.21. The van der Waals surface area contributed by atoms with Gasteiger partial charge < -0.3 is 0 Å². The zero-order chi connectivity index (χ0) is 25.2. The molecule has 186 valence electrons. The largest absolute Gasteiger partial charge is 0.183 e. The van der Waals surface area contributed by atoms with E-state index in [1.54, 1.807) is 6.26 Å². The molecule has 0 heterocycles. The average Bonchev–Trinajstić information content (AvgIpc) is 2.83. The first-order valence-electron chi connectivity index (χ1n) is 12.8. The number of hydrogen-bond donors (Lipinski definition) is 1. The Morgan fingerprint density at radius 2 is 0.719 bits per heavy atom. The molecule has 32 heavy (non-hydrogen) atoms. The predicted molar refractivity (Wildman–Crippen MR) is 155 cm³/mol. The molecular formula is C31H56S. The molecule has 0 aliphatic rings. The fraction of sp³-hybridized carbons (Fsp3) is 0.613. The zero-order valence-electron chi connectivity index (χ0n) is 23.2. The normalized spacial score (nSPS) is 9.44. The zero-order valence-corrected chi connectivity index (χ0v) is 24.1. The summed E-state index contributed by atoms with van der Waals surface area (Å²) in [6.45, 7) is 19.9. The summed E-state index contributed by atoms with van der Waals surface area (Å²) in [5.41, 5.74) is 2.88. The van der Waals surface area contributed by atoms with Gasteiger partial charge in [-0.1, -0.05) is 142 Å². The van der Waals surface area contributed by atoms with E-state index in [0.29, 0.717) is 0 Å². The topological polar surface area (TPSA) is 0 Å². The van der Waals surface area contributed by atoms with E-state index >= 15 is 0 Å². The first-order valence-corrected chi connectivity index (χ1v) is 13.7. The maximum atomic E-state index is 3.53. The molecule has 2 aromatic rings. The number of rotatable bonds is 7. The van der Waals surface area contributed by atoms with Crippen LogP contribution in [0.5, 0.6) is 0 Å². The van der Waals surface area contributed by atoms with Crippen LogP contribution in [-0.2, 0) is 12.8 Å². The highest BCUT2D eigenvalue weighted by atomic mass is 32.1. The summed E-state index contributed by atoms with van der Waals surface area (Å²) < 4.78 is 0. The number of aryl methyl sites for hydroxylation is 2. The summed E-state index contributed by atoms with van der Waals surface area (Å²) in [5, 5.41) is 0. The monoisotopic (exact) mass is 460 g/mol. The molecule has 0 saturated heterocycles. The smallest absolute Gasteiger partial charge is 0.0215 e. The van der Waals surface area contributed by atoms with Crippen molar-refractivity contribution in [2.45, 2.75) is 101 Å². The van der Waals surface area contributed by atoms with E-state index in [4.69, 9.17) is 0 Å². The predicted octanol–water partition coefficient (Wildman–Crippen LogP) is 10.6. The first-order chi connectivity index (χ1) is 15.3. The van der Waals surface area contributed by atoms with Crippen LogP contribution >= 0.6 is 12.6 Å². The molecule has 1 heteroatoms. The van der Waals surface area contributed by atoms with Crippen molar-refractivity contribution >= 4 is 12.6 Å². The second kappa shape index (κ2) is 27.8. The van der Waals surface area contributed by atoms with E-state index in [2.05, 4.69) is 136 Å². The molecule has 0 aliphatic heterocycles. The van der Waals surface area contributed by atoms with Crippen molar-refractivity contribution in [2.75, 3.05) is 6.26 Å². The van der Waals surface area contributed by atoms with Crippen LogP contribution in [0.3, 0.4) is 0 Å². The van der Waals surface area contributed by atoms with Gasteiger partial charge in [-0.2, -0.15) is 12.6 Å². The molecule has 0 nitrogen and oxygen atoms in total. The highest BCUT2D eigenvalue weighted by Gasteiger charge is 1.93. The van der Waals surface area contributed by atoms with E-state index < -0.39 is 0 Å². The van der Waals surface area contributed by atoms with Gasteiger partial charge >= 0.3 is 0 Å². The van der Waals surface area contributed by atoms with Crippen LogP contribution in [-0.4, -0.2) is 6.26 Å². The van der Waals surface area contributed by atoms with E-state index in [0.717, 1.165) is 17.8 Å². The molecule has 0 spiro atoms. The molecule has 0 fully saturated rings. The molecule has 0 unspecified atom stereocenters. The van der Waals surface area contributed by atoms with Gasteiger partial charge in [0, 0.05) is 0 Å². The molecule has 0 amide bonds. The quantitative estimate of drug-likeness (QED) is 0.390. The Morgan fingerprint density at radius 3 is 0.906 bits per heavy atom. The van der Waals surface area contributed by atoms with Crippen molar-refractivity contribution in [3.8, 4) is 0 Å². The van der Waals surface area contributed by atoms with Gasteiger partial charge in [0.25, 0.3) is 0 Å². The van der Waals surface area contributed by atoms with Crippen molar-refractivity contribution < 1.29 is 0 Å². The molecule has 0 saturated carbocycles. The summed E-state index contributed by atoms with van der Waals surface area (Å²) in [7, 11) is 0. The van der Waals surface area contributed by atoms with Crippen molar-refractivity contribution in [2.24, 2.45) is 17.8 Å². The summed E-state index contributed by atoms with van der Waals surface area (Å²) >= 11 is 3.53. The van der Waals surface area contributed by atoms with Gasteiger partial charge in [-0.15, -0.1) is 0 Å². The van der Waals surface area contributed by atoms with E-state index in [9.17, 15) is 0 Å². The maximum Gasteiger partial charge on any atom is -0.0215 e. The fourth-order valence-electron chi connectivity index (χ4n) is 1.79. The lowest BCUT2D eigenvalue weighted by Crippen LogP contribution is -1.89. The van der Waals surface area contributed by atoms with Crippen LogP contribution in [0.1, 0.15) is 99.1 Å². The second-order valence-corrected chi connectivity index (χ2v) is 9.23. The number of benzene rings is 2. The van der Waals surface area contributed by atoms with Crippen LogP contribution < -0.4 is 0 Å². The van der Waals surface area contributed by atoms with Crippen LogP contribution in [0, 0.1) is 17.8 Å². The third kappa shape index (κ3) is 31.0. The number of hydrogen-bond acceptors (Lipinski definition) is 1. The van der Waals surface area contributed by atoms with Crippen molar-refractivity contribution in [3.63, 3.8) is 0 Å². The lowest BCUT2D eigenvalue weighted by molar-refractivity contribution is 0.626. The first kappa shape index (κ1) is 35.4. The Balaban J connectivity index is -0.000000411. The van der Waals surface area contributed by atoms with E-state index in [-0.39, 0.29) is 0 Å². The molecule has 0 atom stereocenters. The number of thiol groups is 1. The SMILES string of the molecule is CCC(C)C.CCC(C)C.CCC(C)C.CS.c1ccc(CCCc2ccccc2)cc1. The summed E-state index contributed by atoms with van der Waals surface area (Å²) in [5.74, 6) is 2.65. The van der Waals surface area contributed by atoms with Crippen LogP contribution in [0.4, 0.5) is 0 Å². The van der Waals surface area contributed by atoms with Crippen molar-refractivity contribution in [1.82, 2.24) is 0 Å². The highest BCUT2D eigenvalue weighted by molar-refractivity contribution is 7.79. The summed E-state index contributed by atoms with van der Waals surface area (Å²) in [6, 6.07) is 21.4.